The second-order valence-corrected chi connectivity index (χ2v) is 23.2. The number of phenols is 2. The van der Waals surface area contributed by atoms with Crippen molar-refractivity contribution in [1.82, 2.24) is 51.3 Å². The molecule has 5 unspecified atom stereocenters. The minimum Gasteiger partial charge on any atom is -0.508 e. The molecule has 6 aromatic rings. The van der Waals surface area contributed by atoms with E-state index >= 15 is 0 Å². The quantitative estimate of drug-likeness (QED) is 0.0257. The number of epoxide rings is 1. The molecule has 4 aromatic carbocycles. The molecule has 2 aliphatic heterocycles. The summed E-state index contributed by atoms with van der Waals surface area (Å²) in [4.78, 5) is 95.0. The molecule has 8 rings (SSSR count). The predicted molar refractivity (Wildman–Crippen MR) is 320 cm³/mol. The van der Waals surface area contributed by atoms with Crippen LogP contribution in [0.25, 0.3) is 17.1 Å². The van der Waals surface area contributed by atoms with Crippen molar-refractivity contribution in [3.63, 3.8) is 0 Å². The number of hydrogen-bond acceptors (Lipinski definition) is 15. The molecule has 2 aromatic heterocycles. The lowest BCUT2D eigenvalue weighted by Gasteiger charge is -2.32. The van der Waals surface area contributed by atoms with E-state index in [0.29, 0.717) is 73.7 Å². The molecule has 2 aliphatic rings. The highest BCUT2D eigenvalue weighted by atomic mass is 16.6. The van der Waals surface area contributed by atoms with Crippen LogP contribution in [0.5, 0.6) is 17.2 Å². The molecule has 5 atom stereocenters. The number of nitrogens with zero attached hydrogens (tertiary/aromatic N) is 6. The van der Waals surface area contributed by atoms with Crippen molar-refractivity contribution in [2.45, 2.75) is 142 Å². The third kappa shape index (κ3) is 16.3. The Labute approximate surface area is 496 Å². The number of anilines is 1. The normalized spacial score (nSPS) is 16.5. The summed E-state index contributed by atoms with van der Waals surface area (Å²) in [6.07, 6.45) is 5.36. The van der Waals surface area contributed by atoms with Gasteiger partial charge in [0, 0.05) is 50.7 Å². The van der Waals surface area contributed by atoms with Gasteiger partial charge in [0.05, 0.1) is 30.6 Å². The van der Waals surface area contributed by atoms with Gasteiger partial charge >= 0.3 is 0 Å². The Hall–Kier alpha value is -8.72. The number of rotatable bonds is 27. The smallest absolute Gasteiger partial charge is 0.289 e. The van der Waals surface area contributed by atoms with E-state index in [-0.39, 0.29) is 84.4 Å². The Bertz CT molecular complexity index is 3270. The van der Waals surface area contributed by atoms with Crippen LogP contribution in [0.2, 0.25) is 0 Å². The SMILES string of the molecule is CCNC(=O)c1nnc(-c2cc(C(C)C)c(O)cc2O)n1-c1ccc(OC2CCN(c3cnc(C(=O)NC(CCc4ccccc4)C(=O)NC(CC(C)C)C(=O)NC(Cc4ccccc4)C(=O)NC(CC(C)C)C(=O)C4(C)CO4)cn3)CC2)cc1. The number of ketones is 1. The molecule has 4 heterocycles. The Morgan fingerprint density at radius 2 is 1.29 bits per heavy atom. The number of phenolic OH excluding ortho intramolecular Hbond substituents is 2. The number of amides is 5. The molecular weight excluding hydrogens is 1080 g/mol. The van der Waals surface area contributed by atoms with Crippen molar-refractivity contribution in [2.24, 2.45) is 11.8 Å². The lowest BCUT2D eigenvalue weighted by Crippen LogP contribution is -2.59. The van der Waals surface area contributed by atoms with E-state index in [0.717, 1.165) is 11.1 Å². The van der Waals surface area contributed by atoms with Crippen molar-refractivity contribution in [3.8, 4) is 34.3 Å². The third-order valence-electron chi connectivity index (χ3n) is 15.1. The van der Waals surface area contributed by atoms with Crippen LogP contribution >= 0.6 is 0 Å². The monoisotopic (exact) mass is 1160 g/mol. The first-order valence-corrected chi connectivity index (χ1v) is 29.3. The summed E-state index contributed by atoms with van der Waals surface area (Å²) in [5, 5.41) is 44.4. The van der Waals surface area contributed by atoms with Crippen LogP contribution in [0, 0.1) is 11.8 Å². The van der Waals surface area contributed by atoms with E-state index in [1.165, 1.54) is 18.5 Å². The van der Waals surface area contributed by atoms with Crippen LogP contribution in [0.4, 0.5) is 5.82 Å². The summed E-state index contributed by atoms with van der Waals surface area (Å²) in [7, 11) is 0. The maximum atomic E-state index is 14.5. The van der Waals surface area contributed by atoms with Gasteiger partial charge in [0.25, 0.3) is 11.8 Å². The van der Waals surface area contributed by atoms with Crippen molar-refractivity contribution in [2.75, 3.05) is 31.1 Å². The zero-order valence-corrected chi connectivity index (χ0v) is 49.6. The first-order chi connectivity index (χ1) is 40.7. The highest BCUT2D eigenvalue weighted by Gasteiger charge is 2.50. The van der Waals surface area contributed by atoms with Gasteiger partial charge in [0.2, 0.25) is 23.5 Å². The Morgan fingerprint density at radius 3 is 1.89 bits per heavy atom. The van der Waals surface area contributed by atoms with Crippen LogP contribution in [0.3, 0.4) is 0 Å². The second-order valence-electron chi connectivity index (χ2n) is 23.2. The van der Waals surface area contributed by atoms with E-state index < -0.39 is 59.3 Å². The molecule has 0 radical (unpaired) electrons. The fraction of sp³-hybridized carbons (Fsp3) is 0.438. The number of aromatic hydroxyl groups is 2. The molecule has 7 N–H and O–H groups in total. The number of benzene rings is 4. The summed E-state index contributed by atoms with van der Waals surface area (Å²) in [5.74, 6) is -1.98. The number of ether oxygens (including phenoxy) is 2. The Kier molecular flexibility index (Phi) is 20.7. The van der Waals surface area contributed by atoms with Crippen LogP contribution in [0.1, 0.15) is 131 Å². The van der Waals surface area contributed by atoms with Crippen molar-refractivity contribution in [1.29, 1.82) is 0 Å². The van der Waals surface area contributed by atoms with Crippen LogP contribution < -0.4 is 36.2 Å². The third-order valence-corrected chi connectivity index (χ3v) is 15.1. The fourth-order valence-corrected chi connectivity index (χ4v) is 10.4. The molecule has 0 spiro atoms. The highest BCUT2D eigenvalue weighted by Crippen LogP contribution is 2.39. The number of nitrogens with one attached hydrogen (secondary N) is 5. The van der Waals surface area contributed by atoms with Crippen LogP contribution in [-0.2, 0) is 36.8 Å². The van der Waals surface area contributed by atoms with E-state index in [1.807, 2.05) is 102 Å². The molecule has 85 heavy (non-hydrogen) atoms. The van der Waals surface area contributed by atoms with Gasteiger partial charge < -0.3 is 51.2 Å². The van der Waals surface area contributed by atoms with Gasteiger partial charge in [-0.1, -0.05) is 102 Å². The van der Waals surface area contributed by atoms with Crippen molar-refractivity contribution < 1.29 is 48.5 Å². The molecule has 0 bridgehead atoms. The van der Waals surface area contributed by atoms with Gasteiger partial charge in [-0.15, -0.1) is 10.2 Å². The number of Topliss-reactive ketones (excluding diaryl/α,β-unsaturated/α-hetero) is 1. The number of hydrogen-bond donors (Lipinski definition) is 7. The summed E-state index contributed by atoms with van der Waals surface area (Å²) < 4.78 is 13.4. The number of aromatic nitrogens is 5. The van der Waals surface area contributed by atoms with Gasteiger partial charge in [-0.2, -0.15) is 0 Å². The molecule has 0 saturated carbocycles. The summed E-state index contributed by atoms with van der Waals surface area (Å²) in [6, 6.07) is 24.7. The minimum absolute atomic E-state index is 0.0115. The lowest BCUT2D eigenvalue weighted by molar-refractivity contribution is -0.134. The topological polar surface area (TPSA) is 285 Å². The maximum Gasteiger partial charge on any atom is 0.289 e. The van der Waals surface area contributed by atoms with Crippen LogP contribution in [0.15, 0.2) is 109 Å². The second kappa shape index (κ2) is 28.2. The maximum absolute atomic E-state index is 14.5. The predicted octanol–water partition coefficient (Wildman–Crippen LogP) is 6.93. The fourth-order valence-electron chi connectivity index (χ4n) is 10.4. The first kappa shape index (κ1) is 62.3. The van der Waals surface area contributed by atoms with Crippen LogP contribution in [-0.4, -0.2) is 132 Å². The molecule has 450 valence electrons. The van der Waals surface area contributed by atoms with Gasteiger partial charge in [0.1, 0.15) is 58.6 Å². The molecule has 5 amide bonds. The van der Waals surface area contributed by atoms with E-state index in [9.17, 15) is 39.0 Å². The highest BCUT2D eigenvalue weighted by molar-refractivity contribution is 5.99. The molecule has 21 nitrogen and oxygen atoms in total. The molecular formula is C64H79N11O10. The Balaban J connectivity index is 0.911. The lowest BCUT2D eigenvalue weighted by atomic mass is 9.93. The van der Waals surface area contributed by atoms with Gasteiger partial charge in [-0.3, -0.25) is 33.3 Å². The van der Waals surface area contributed by atoms with Crippen molar-refractivity contribution in [3.05, 3.63) is 138 Å². The zero-order chi connectivity index (χ0) is 61.0. The Morgan fingerprint density at radius 1 is 0.694 bits per heavy atom. The average molecular weight is 1160 g/mol. The molecule has 21 heteroatoms. The van der Waals surface area contributed by atoms with E-state index in [2.05, 4.69) is 51.6 Å². The molecule has 2 saturated heterocycles. The van der Waals surface area contributed by atoms with Gasteiger partial charge in [0.15, 0.2) is 11.6 Å². The van der Waals surface area contributed by atoms with Gasteiger partial charge in [-0.25, -0.2) is 9.97 Å². The molecule has 0 aliphatic carbocycles. The standard InChI is InChI=1S/C64H79N11O10/c1-9-65-63(83)58-73-72-57(47-33-46(40(6)7)53(76)34-54(47)77)75(58)43-21-23-44(24-22-43)85-45-26-28-74(29-27-45)55-36-66-52(35-67-55)62(82)68-48(25-20-41-16-12-10-13-17-41)59(79)70-50(31-39(4)5)60(80)71-51(32-42-18-14-11-15-19-42)61(81)69-49(30-38(2)3)56(78)64(8)37-84-64/h10-19,21-24,33-36,38-40,45,48-51,76-77H,9,20,25-32,37H2,1-8H3,(H,65,83)(H,68,82)(H,69,81)(H,70,79)(H,71,80). The number of carbonyl (C=O) groups is 6. The number of piperidine rings is 1. The zero-order valence-electron chi connectivity index (χ0n) is 49.6. The largest absolute Gasteiger partial charge is 0.508 e. The van der Waals surface area contributed by atoms with E-state index in [4.69, 9.17) is 9.47 Å². The minimum atomic E-state index is -1.10. The summed E-state index contributed by atoms with van der Waals surface area (Å²) in [6.45, 7) is 16.9. The van der Waals surface area contributed by atoms with E-state index in [1.54, 1.807) is 48.7 Å². The van der Waals surface area contributed by atoms with Gasteiger partial charge in [-0.05, 0) is 104 Å². The number of aryl methyl sites for hydroxylation is 1. The first-order valence-electron chi connectivity index (χ1n) is 29.3. The number of carbonyl (C=O) groups excluding carboxylic acids is 6. The molecule has 2 fully saturated rings. The average Bonchev–Trinajstić information content (AvgIpc) is 3.21. The van der Waals surface area contributed by atoms with Crippen molar-refractivity contribution >= 4 is 41.1 Å². The summed E-state index contributed by atoms with van der Waals surface area (Å²) in [5.41, 5.74) is 2.18. The summed E-state index contributed by atoms with van der Waals surface area (Å²) >= 11 is 0.